The first kappa shape index (κ1) is 9.28. The van der Waals surface area contributed by atoms with Crippen LogP contribution in [0, 0.1) is 0 Å². The molecule has 10 heavy (non-hydrogen) atoms. The van der Waals surface area contributed by atoms with Gasteiger partial charge in [0.05, 0.1) is 0 Å². The standard InChI is InChI=1S/C9H17N/c1-6-8(2)7-9(3)10(4)5/h6-7H,1-5H3/b8-6+,9-7-. The Morgan fingerprint density at radius 2 is 1.70 bits per heavy atom. The average Bonchev–Trinajstić information content (AvgIpc) is 1.87. The van der Waals surface area contributed by atoms with Crippen LogP contribution in [0.5, 0.6) is 0 Å². The summed E-state index contributed by atoms with van der Waals surface area (Å²) in [6.45, 7) is 6.26. The summed E-state index contributed by atoms with van der Waals surface area (Å²) >= 11 is 0. The topological polar surface area (TPSA) is 3.24 Å². The summed E-state index contributed by atoms with van der Waals surface area (Å²) in [5.41, 5.74) is 2.60. The van der Waals surface area contributed by atoms with E-state index in [1.54, 1.807) is 0 Å². The zero-order valence-corrected chi connectivity index (χ0v) is 7.60. The van der Waals surface area contributed by atoms with Crippen molar-refractivity contribution in [2.24, 2.45) is 0 Å². The minimum absolute atomic E-state index is 1.29. The Balaban J connectivity index is 4.17. The highest BCUT2D eigenvalue weighted by Crippen LogP contribution is 2.02. The summed E-state index contributed by atoms with van der Waals surface area (Å²) in [6.07, 6.45) is 4.27. The third-order valence-corrected chi connectivity index (χ3v) is 1.60. The summed E-state index contributed by atoms with van der Waals surface area (Å²) in [5, 5.41) is 0. The van der Waals surface area contributed by atoms with Gasteiger partial charge < -0.3 is 4.90 Å². The highest BCUT2D eigenvalue weighted by Gasteiger charge is 1.89. The predicted octanol–water partition coefficient (Wildman–Crippen LogP) is 2.42. The second-order valence-corrected chi connectivity index (χ2v) is 2.71. The van der Waals surface area contributed by atoms with Crippen LogP contribution in [-0.2, 0) is 0 Å². The molecular formula is C9H17N. The van der Waals surface area contributed by atoms with Crippen molar-refractivity contribution in [3.05, 3.63) is 23.4 Å². The van der Waals surface area contributed by atoms with E-state index in [1.807, 2.05) is 0 Å². The van der Waals surface area contributed by atoms with E-state index >= 15 is 0 Å². The first-order valence-corrected chi connectivity index (χ1v) is 3.56. The maximum Gasteiger partial charge on any atom is 0.00984 e. The van der Waals surface area contributed by atoms with E-state index in [0.717, 1.165) is 0 Å². The zero-order chi connectivity index (χ0) is 8.15. The fourth-order valence-electron chi connectivity index (χ4n) is 0.542. The molecule has 0 aliphatic rings. The molecule has 0 bridgehead atoms. The SMILES string of the molecule is C/C=C(C)/C=C(/C)N(C)C. The molecule has 0 rings (SSSR count). The maximum absolute atomic E-state index is 2.17. The summed E-state index contributed by atoms with van der Waals surface area (Å²) < 4.78 is 0. The Labute approximate surface area is 64.0 Å². The van der Waals surface area contributed by atoms with Gasteiger partial charge in [0.25, 0.3) is 0 Å². The highest BCUT2D eigenvalue weighted by molar-refractivity contribution is 5.18. The number of hydrogen-bond acceptors (Lipinski definition) is 1. The monoisotopic (exact) mass is 139 g/mol. The van der Waals surface area contributed by atoms with Gasteiger partial charge in [0.1, 0.15) is 0 Å². The number of rotatable bonds is 2. The van der Waals surface area contributed by atoms with Crippen molar-refractivity contribution in [3.8, 4) is 0 Å². The lowest BCUT2D eigenvalue weighted by atomic mass is 10.2. The van der Waals surface area contributed by atoms with Crippen LogP contribution in [0.25, 0.3) is 0 Å². The van der Waals surface area contributed by atoms with Gasteiger partial charge in [-0.3, -0.25) is 0 Å². The molecule has 0 aromatic heterocycles. The molecule has 0 fully saturated rings. The van der Waals surface area contributed by atoms with Gasteiger partial charge in [-0.05, 0) is 26.8 Å². The lowest BCUT2D eigenvalue weighted by molar-refractivity contribution is 0.513. The Morgan fingerprint density at radius 3 is 2.00 bits per heavy atom. The largest absolute Gasteiger partial charge is 0.381 e. The summed E-state index contributed by atoms with van der Waals surface area (Å²) in [4.78, 5) is 2.10. The number of allylic oxidation sites excluding steroid dienone is 4. The zero-order valence-electron chi connectivity index (χ0n) is 7.60. The van der Waals surface area contributed by atoms with Crippen LogP contribution in [0.2, 0.25) is 0 Å². The summed E-state index contributed by atoms with van der Waals surface area (Å²) in [6, 6.07) is 0. The minimum atomic E-state index is 1.29. The molecule has 0 amide bonds. The lowest BCUT2D eigenvalue weighted by Gasteiger charge is -2.12. The van der Waals surface area contributed by atoms with E-state index in [4.69, 9.17) is 0 Å². The van der Waals surface area contributed by atoms with Gasteiger partial charge in [-0.25, -0.2) is 0 Å². The van der Waals surface area contributed by atoms with Crippen LogP contribution in [0.3, 0.4) is 0 Å². The van der Waals surface area contributed by atoms with Crippen LogP contribution < -0.4 is 0 Å². The van der Waals surface area contributed by atoms with Gasteiger partial charge in [0.15, 0.2) is 0 Å². The molecule has 0 saturated heterocycles. The molecule has 0 atom stereocenters. The highest BCUT2D eigenvalue weighted by atomic mass is 15.1. The molecular weight excluding hydrogens is 122 g/mol. The molecule has 0 aromatic rings. The molecule has 0 aliphatic heterocycles. The second kappa shape index (κ2) is 4.15. The maximum atomic E-state index is 2.17. The van der Waals surface area contributed by atoms with E-state index < -0.39 is 0 Å². The van der Waals surface area contributed by atoms with Gasteiger partial charge in [0, 0.05) is 19.8 Å². The minimum Gasteiger partial charge on any atom is -0.381 e. The quantitative estimate of drug-likeness (QED) is 0.531. The molecule has 0 unspecified atom stereocenters. The average molecular weight is 139 g/mol. The number of hydrogen-bond donors (Lipinski definition) is 0. The first-order chi connectivity index (χ1) is 4.57. The van der Waals surface area contributed by atoms with E-state index in [0.29, 0.717) is 0 Å². The fraction of sp³-hybridized carbons (Fsp3) is 0.556. The van der Waals surface area contributed by atoms with Crippen molar-refractivity contribution >= 4 is 0 Å². The van der Waals surface area contributed by atoms with Crippen LogP contribution in [0.1, 0.15) is 20.8 Å². The second-order valence-electron chi connectivity index (χ2n) is 2.71. The summed E-state index contributed by atoms with van der Waals surface area (Å²) in [7, 11) is 4.10. The molecule has 58 valence electrons. The normalized spacial score (nSPS) is 13.7. The Bertz CT molecular complexity index is 152. The van der Waals surface area contributed by atoms with Crippen LogP contribution in [0.15, 0.2) is 23.4 Å². The Kier molecular flexibility index (Phi) is 3.85. The van der Waals surface area contributed by atoms with Gasteiger partial charge in [-0.2, -0.15) is 0 Å². The van der Waals surface area contributed by atoms with Crippen molar-refractivity contribution in [3.63, 3.8) is 0 Å². The van der Waals surface area contributed by atoms with E-state index in [-0.39, 0.29) is 0 Å². The van der Waals surface area contributed by atoms with E-state index in [2.05, 4.69) is 51.9 Å². The molecule has 0 aliphatic carbocycles. The van der Waals surface area contributed by atoms with Crippen molar-refractivity contribution in [2.75, 3.05) is 14.1 Å². The summed E-state index contributed by atoms with van der Waals surface area (Å²) in [5.74, 6) is 0. The van der Waals surface area contributed by atoms with Crippen molar-refractivity contribution in [2.45, 2.75) is 20.8 Å². The third-order valence-electron chi connectivity index (χ3n) is 1.60. The first-order valence-electron chi connectivity index (χ1n) is 3.56. The molecule has 1 nitrogen and oxygen atoms in total. The third kappa shape index (κ3) is 3.33. The van der Waals surface area contributed by atoms with Gasteiger partial charge in [-0.15, -0.1) is 0 Å². The molecule has 1 heteroatoms. The van der Waals surface area contributed by atoms with Crippen LogP contribution in [0.4, 0.5) is 0 Å². The van der Waals surface area contributed by atoms with Gasteiger partial charge in [0.2, 0.25) is 0 Å². The fourth-order valence-corrected chi connectivity index (χ4v) is 0.542. The number of nitrogens with zero attached hydrogens (tertiary/aromatic N) is 1. The molecule has 0 heterocycles. The molecule has 0 radical (unpaired) electrons. The molecule has 0 aromatic carbocycles. The van der Waals surface area contributed by atoms with E-state index in [1.165, 1.54) is 11.3 Å². The van der Waals surface area contributed by atoms with E-state index in [9.17, 15) is 0 Å². The lowest BCUT2D eigenvalue weighted by Crippen LogP contribution is -2.07. The Hall–Kier alpha value is -0.720. The van der Waals surface area contributed by atoms with Crippen molar-refractivity contribution in [1.82, 2.24) is 4.90 Å². The molecule has 0 spiro atoms. The molecule has 0 saturated carbocycles. The molecule has 0 N–H and O–H groups in total. The smallest absolute Gasteiger partial charge is 0.00984 e. The van der Waals surface area contributed by atoms with Crippen molar-refractivity contribution < 1.29 is 0 Å². The van der Waals surface area contributed by atoms with Crippen LogP contribution >= 0.6 is 0 Å². The van der Waals surface area contributed by atoms with Gasteiger partial charge >= 0.3 is 0 Å². The van der Waals surface area contributed by atoms with Gasteiger partial charge in [-0.1, -0.05) is 11.6 Å². The Morgan fingerprint density at radius 1 is 1.20 bits per heavy atom. The predicted molar refractivity (Wildman–Crippen MR) is 46.9 cm³/mol. The van der Waals surface area contributed by atoms with Crippen molar-refractivity contribution in [1.29, 1.82) is 0 Å². The van der Waals surface area contributed by atoms with Crippen LogP contribution in [-0.4, -0.2) is 19.0 Å².